The van der Waals surface area contributed by atoms with Crippen LogP contribution in [0.15, 0.2) is 18.2 Å². The van der Waals surface area contributed by atoms with E-state index in [0.29, 0.717) is 5.92 Å². The maximum atomic E-state index is 6.98. The molecule has 1 saturated carbocycles. The zero-order chi connectivity index (χ0) is 15.7. The minimum absolute atomic E-state index is 0.170. The van der Waals surface area contributed by atoms with Crippen LogP contribution in [0.25, 0.3) is 0 Å². The van der Waals surface area contributed by atoms with E-state index >= 15 is 0 Å². The van der Waals surface area contributed by atoms with Gasteiger partial charge in [-0.2, -0.15) is 0 Å². The molecular formula is C18H29NO2. The minimum Gasteiger partial charge on any atom is -0.497 e. The van der Waals surface area contributed by atoms with Crippen LogP contribution in [0, 0.1) is 11.3 Å². The Bertz CT molecular complexity index is 492. The minimum atomic E-state index is -0.351. The Kier molecular flexibility index (Phi) is 4.52. The van der Waals surface area contributed by atoms with Crippen molar-refractivity contribution in [1.29, 1.82) is 0 Å². The van der Waals surface area contributed by atoms with E-state index in [1.54, 1.807) is 14.2 Å². The maximum absolute atomic E-state index is 6.98. The van der Waals surface area contributed by atoms with Gasteiger partial charge in [0.15, 0.2) is 0 Å². The Hall–Kier alpha value is -1.22. The summed E-state index contributed by atoms with van der Waals surface area (Å²) >= 11 is 0. The SMILES string of the molecule is COc1ccc(OC)c(C2(N)CCCCC2C(C)(C)C)c1. The van der Waals surface area contributed by atoms with Gasteiger partial charge in [-0.15, -0.1) is 0 Å². The third kappa shape index (κ3) is 3.03. The van der Waals surface area contributed by atoms with Gasteiger partial charge in [-0.25, -0.2) is 0 Å². The molecule has 0 spiro atoms. The smallest absolute Gasteiger partial charge is 0.124 e. The monoisotopic (exact) mass is 291 g/mol. The molecule has 0 aliphatic heterocycles. The molecule has 0 saturated heterocycles. The molecule has 1 fully saturated rings. The van der Waals surface area contributed by atoms with E-state index in [0.717, 1.165) is 23.5 Å². The lowest BCUT2D eigenvalue weighted by Crippen LogP contribution is -2.51. The Labute approximate surface area is 128 Å². The molecule has 0 radical (unpaired) electrons. The molecule has 1 aliphatic carbocycles. The number of hydrogen-bond donors (Lipinski definition) is 1. The summed E-state index contributed by atoms with van der Waals surface area (Å²) < 4.78 is 11.0. The Balaban J connectivity index is 2.54. The van der Waals surface area contributed by atoms with Gasteiger partial charge >= 0.3 is 0 Å². The third-order valence-electron chi connectivity index (χ3n) is 4.91. The Morgan fingerprint density at radius 1 is 1.14 bits per heavy atom. The molecule has 1 aromatic carbocycles. The summed E-state index contributed by atoms with van der Waals surface area (Å²) in [5, 5.41) is 0. The fourth-order valence-electron chi connectivity index (χ4n) is 3.90. The lowest BCUT2D eigenvalue weighted by Gasteiger charge is -2.48. The van der Waals surface area contributed by atoms with Gasteiger partial charge < -0.3 is 15.2 Å². The summed E-state index contributed by atoms with van der Waals surface area (Å²) in [6.07, 6.45) is 4.59. The molecule has 118 valence electrons. The van der Waals surface area contributed by atoms with Crippen LogP contribution in [0.3, 0.4) is 0 Å². The largest absolute Gasteiger partial charge is 0.497 e. The predicted molar refractivity (Wildman–Crippen MR) is 86.8 cm³/mol. The molecule has 3 nitrogen and oxygen atoms in total. The number of methoxy groups -OCH3 is 2. The van der Waals surface area contributed by atoms with Gasteiger partial charge in [-0.05, 0) is 42.4 Å². The lowest BCUT2D eigenvalue weighted by molar-refractivity contribution is 0.0758. The first kappa shape index (κ1) is 16.2. The molecule has 3 heteroatoms. The van der Waals surface area contributed by atoms with E-state index in [1.807, 2.05) is 12.1 Å². The van der Waals surface area contributed by atoms with E-state index in [2.05, 4.69) is 26.8 Å². The summed E-state index contributed by atoms with van der Waals surface area (Å²) in [6.45, 7) is 6.87. The van der Waals surface area contributed by atoms with E-state index in [1.165, 1.54) is 19.3 Å². The van der Waals surface area contributed by atoms with Gasteiger partial charge in [0.25, 0.3) is 0 Å². The number of nitrogens with two attached hydrogens (primary N) is 1. The molecule has 2 atom stereocenters. The highest BCUT2D eigenvalue weighted by Crippen LogP contribution is 2.50. The van der Waals surface area contributed by atoms with Crippen molar-refractivity contribution >= 4 is 0 Å². The van der Waals surface area contributed by atoms with Crippen LogP contribution in [0.4, 0.5) is 0 Å². The molecule has 2 unspecified atom stereocenters. The van der Waals surface area contributed by atoms with E-state index in [-0.39, 0.29) is 11.0 Å². The standard InChI is InChI=1S/C18H29NO2/c1-17(2,3)16-8-6-7-11-18(16,19)14-12-13(20-4)9-10-15(14)21-5/h9-10,12,16H,6-8,11,19H2,1-5H3. The Morgan fingerprint density at radius 2 is 1.86 bits per heavy atom. The van der Waals surface area contributed by atoms with Gasteiger partial charge in [-0.1, -0.05) is 33.6 Å². The average Bonchev–Trinajstić information content (AvgIpc) is 2.45. The first-order valence-electron chi connectivity index (χ1n) is 7.84. The fraction of sp³-hybridized carbons (Fsp3) is 0.667. The van der Waals surface area contributed by atoms with Crippen LogP contribution in [-0.4, -0.2) is 14.2 Å². The molecule has 0 aromatic heterocycles. The first-order valence-corrected chi connectivity index (χ1v) is 7.84. The van der Waals surface area contributed by atoms with Crippen molar-refractivity contribution in [2.24, 2.45) is 17.1 Å². The number of benzene rings is 1. The molecule has 2 N–H and O–H groups in total. The molecule has 0 heterocycles. The van der Waals surface area contributed by atoms with Crippen molar-refractivity contribution in [1.82, 2.24) is 0 Å². The second-order valence-electron chi connectivity index (χ2n) is 7.27. The van der Waals surface area contributed by atoms with Crippen LogP contribution in [-0.2, 0) is 5.54 Å². The van der Waals surface area contributed by atoms with Gasteiger partial charge in [0.2, 0.25) is 0 Å². The van der Waals surface area contributed by atoms with Crippen molar-refractivity contribution in [3.05, 3.63) is 23.8 Å². The molecule has 2 rings (SSSR count). The summed E-state index contributed by atoms with van der Waals surface area (Å²) in [7, 11) is 3.40. The topological polar surface area (TPSA) is 44.5 Å². The average molecular weight is 291 g/mol. The quantitative estimate of drug-likeness (QED) is 0.912. The zero-order valence-corrected chi connectivity index (χ0v) is 14.0. The van der Waals surface area contributed by atoms with E-state index in [4.69, 9.17) is 15.2 Å². The van der Waals surface area contributed by atoms with Crippen LogP contribution < -0.4 is 15.2 Å². The summed E-state index contributed by atoms with van der Waals surface area (Å²) in [4.78, 5) is 0. The molecule has 0 amide bonds. The van der Waals surface area contributed by atoms with Gasteiger partial charge in [0.1, 0.15) is 11.5 Å². The van der Waals surface area contributed by atoms with Crippen molar-refractivity contribution in [2.75, 3.05) is 14.2 Å². The number of rotatable bonds is 3. The summed E-state index contributed by atoms with van der Waals surface area (Å²) in [5.41, 5.74) is 7.88. The van der Waals surface area contributed by atoms with Crippen molar-refractivity contribution in [3.8, 4) is 11.5 Å². The third-order valence-corrected chi connectivity index (χ3v) is 4.91. The normalized spacial score (nSPS) is 26.5. The highest BCUT2D eigenvalue weighted by molar-refractivity contribution is 5.45. The Morgan fingerprint density at radius 3 is 2.43 bits per heavy atom. The van der Waals surface area contributed by atoms with Crippen molar-refractivity contribution in [3.63, 3.8) is 0 Å². The highest BCUT2D eigenvalue weighted by atomic mass is 16.5. The predicted octanol–water partition coefficient (Wildman–Crippen LogP) is 4.09. The van der Waals surface area contributed by atoms with Crippen LogP contribution >= 0.6 is 0 Å². The first-order chi connectivity index (χ1) is 9.82. The van der Waals surface area contributed by atoms with Crippen LogP contribution in [0.2, 0.25) is 0 Å². The highest BCUT2D eigenvalue weighted by Gasteiger charge is 2.46. The second-order valence-corrected chi connectivity index (χ2v) is 7.27. The van der Waals surface area contributed by atoms with E-state index in [9.17, 15) is 0 Å². The van der Waals surface area contributed by atoms with Crippen molar-refractivity contribution in [2.45, 2.75) is 52.0 Å². The molecule has 1 aliphatic rings. The van der Waals surface area contributed by atoms with Gasteiger partial charge in [-0.3, -0.25) is 0 Å². The summed E-state index contributed by atoms with van der Waals surface area (Å²) in [5.74, 6) is 2.14. The zero-order valence-electron chi connectivity index (χ0n) is 14.0. The molecular weight excluding hydrogens is 262 g/mol. The fourth-order valence-corrected chi connectivity index (χ4v) is 3.90. The lowest BCUT2D eigenvalue weighted by atomic mass is 9.60. The number of hydrogen-bond acceptors (Lipinski definition) is 3. The summed E-state index contributed by atoms with van der Waals surface area (Å²) in [6, 6.07) is 5.96. The second kappa shape index (κ2) is 5.88. The van der Waals surface area contributed by atoms with Crippen LogP contribution in [0.5, 0.6) is 11.5 Å². The molecule has 0 bridgehead atoms. The van der Waals surface area contributed by atoms with Crippen LogP contribution in [0.1, 0.15) is 52.0 Å². The number of ether oxygens (including phenoxy) is 2. The van der Waals surface area contributed by atoms with Gasteiger partial charge in [0, 0.05) is 11.1 Å². The molecule has 1 aromatic rings. The van der Waals surface area contributed by atoms with Crippen molar-refractivity contribution < 1.29 is 9.47 Å². The van der Waals surface area contributed by atoms with Gasteiger partial charge in [0.05, 0.1) is 14.2 Å². The maximum Gasteiger partial charge on any atom is 0.124 e. The van der Waals surface area contributed by atoms with E-state index < -0.39 is 0 Å². The molecule has 21 heavy (non-hydrogen) atoms.